The van der Waals surface area contributed by atoms with Gasteiger partial charge in [-0.3, -0.25) is 0 Å². The lowest BCUT2D eigenvalue weighted by atomic mass is 10.00. The number of nitrogens with two attached hydrogens (primary N) is 1. The van der Waals surface area contributed by atoms with E-state index in [9.17, 15) is 0 Å². The maximum absolute atomic E-state index is 5.97. The number of nitrogen functional groups attached to an aromatic ring is 1. The second-order valence-corrected chi connectivity index (χ2v) is 4.65. The number of aromatic nitrogens is 1. The van der Waals surface area contributed by atoms with E-state index in [1.54, 1.807) is 0 Å². The first-order chi connectivity index (χ1) is 6.88. The summed E-state index contributed by atoms with van der Waals surface area (Å²) < 4.78 is 0. The second kappa shape index (κ2) is 4.09. The van der Waals surface area contributed by atoms with Gasteiger partial charge in [0, 0.05) is 18.8 Å². The third kappa shape index (κ3) is 2.41. The average molecular weight is 207 g/mol. The standard InChI is InChI=1S/C12H21N3/c1-6-12(3,4)15(5)11-10(13)7-9(2)8-14-11/h7-8H,6,13H2,1-5H3. The Labute approximate surface area is 92.3 Å². The van der Waals surface area contributed by atoms with Crippen molar-refractivity contribution in [3.63, 3.8) is 0 Å². The third-order valence-corrected chi connectivity index (χ3v) is 3.12. The van der Waals surface area contributed by atoms with E-state index in [1.165, 1.54) is 0 Å². The molecule has 0 saturated heterocycles. The van der Waals surface area contributed by atoms with Crippen molar-refractivity contribution in [2.24, 2.45) is 0 Å². The Morgan fingerprint density at radius 1 is 1.47 bits per heavy atom. The van der Waals surface area contributed by atoms with Crippen molar-refractivity contribution in [3.05, 3.63) is 17.8 Å². The predicted molar refractivity (Wildman–Crippen MR) is 66.2 cm³/mol. The number of hydrogen-bond donors (Lipinski definition) is 1. The maximum atomic E-state index is 5.97. The van der Waals surface area contributed by atoms with Crippen molar-refractivity contribution in [2.75, 3.05) is 17.7 Å². The van der Waals surface area contributed by atoms with Crippen LogP contribution in [0.3, 0.4) is 0 Å². The zero-order valence-corrected chi connectivity index (χ0v) is 10.3. The molecule has 0 aliphatic carbocycles. The zero-order chi connectivity index (χ0) is 11.6. The second-order valence-electron chi connectivity index (χ2n) is 4.65. The lowest BCUT2D eigenvalue weighted by Gasteiger charge is -2.36. The van der Waals surface area contributed by atoms with Crippen molar-refractivity contribution in [1.82, 2.24) is 4.98 Å². The van der Waals surface area contributed by atoms with Gasteiger partial charge in [0.25, 0.3) is 0 Å². The van der Waals surface area contributed by atoms with Crippen LogP contribution in [0.1, 0.15) is 32.8 Å². The molecule has 0 atom stereocenters. The molecule has 0 radical (unpaired) electrons. The number of pyridine rings is 1. The molecule has 0 fully saturated rings. The van der Waals surface area contributed by atoms with E-state index in [0.717, 1.165) is 23.5 Å². The van der Waals surface area contributed by atoms with Gasteiger partial charge in [0.1, 0.15) is 0 Å². The van der Waals surface area contributed by atoms with Gasteiger partial charge in [0.2, 0.25) is 0 Å². The maximum Gasteiger partial charge on any atom is 0.151 e. The Kier molecular flexibility index (Phi) is 3.22. The minimum Gasteiger partial charge on any atom is -0.396 e. The van der Waals surface area contributed by atoms with Crippen LogP contribution in [0.5, 0.6) is 0 Å². The number of aryl methyl sites for hydroxylation is 1. The summed E-state index contributed by atoms with van der Waals surface area (Å²) >= 11 is 0. The predicted octanol–water partition coefficient (Wildman–Crippen LogP) is 2.60. The molecule has 0 aromatic carbocycles. The monoisotopic (exact) mass is 207 g/mol. The fraction of sp³-hybridized carbons (Fsp3) is 0.583. The fourth-order valence-electron chi connectivity index (χ4n) is 1.39. The molecule has 0 bridgehead atoms. The summed E-state index contributed by atoms with van der Waals surface area (Å²) in [4.78, 5) is 6.53. The van der Waals surface area contributed by atoms with Crippen LogP contribution < -0.4 is 10.6 Å². The molecule has 3 heteroatoms. The number of hydrogen-bond acceptors (Lipinski definition) is 3. The molecular formula is C12H21N3. The van der Waals surface area contributed by atoms with Gasteiger partial charge in [0.05, 0.1) is 5.69 Å². The van der Waals surface area contributed by atoms with E-state index in [0.29, 0.717) is 0 Å². The molecule has 1 heterocycles. The topological polar surface area (TPSA) is 42.2 Å². The van der Waals surface area contributed by atoms with Gasteiger partial charge in [-0.15, -0.1) is 0 Å². The van der Waals surface area contributed by atoms with E-state index in [1.807, 2.05) is 26.2 Å². The van der Waals surface area contributed by atoms with E-state index >= 15 is 0 Å². The molecule has 15 heavy (non-hydrogen) atoms. The van der Waals surface area contributed by atoms with Crippen LogP contribution in [0.4, 0.5) is 11.5 Å². The molecule has 0 unspecified atom stereocenters. The van der Waals surface area contributed by atoms with Crippen molar-refractivity contribution in [2.45, 2.75) is 39.7 Å². The van der Waals surface area contributed by atoms with Gasteiger partial charge >= 0.3 is 0 Å². The van der Waals surface area contributed by atoms with Crippen LogP contribution in [-0.2, 0) is 0 Å². The highest BCUT2D eigenvalue weighted by atomic mass is 15.2. The molecular weight excluding hydrogens is 186 g/mol. The summed E-state index contributed by atoms with van der Waals surface area (Å²) in [6.45, 7) is 8.54. The first-order valence-electron chi connectivity index (χ1n) is 5.34. The van der Waals surface area contributed by atoms with Gasteiger partial charge < -0.3 is 10.6 Å². The van der Waals surface area contributed by atoms with Crippen molar-refractivity contribution in [1.29, 1.82) is 0 Å². The van der Waals surface area contributed by atoms with Gasteiger partial charge in [-0.25, -0.2) is 4.98 Å². The van der Waals surface area contributed by atoms with Crippen LogP contribution >= 0.6 is 0 Å². The van der Waals surface area contributed by atoms with Crippen LogP contribution in [0.25, 0.3) is 0 Å². The summed E-state index contributed by atoms with van der Waals surface area (Å²) in [6, 6.07) is 1.96. The molecule has 1 rings (SSSR count). The van der Waals surface area contributed by atoms with Gasteiger partial charge in [0.15, 0.2) is 5.82 Å². The number of rotatable bonds is 3. The zero-order valence-electron chi connectivity index (χ0n) is 10.3. The van der Waals surface area contributed by atoms with Crippen LogP contribution in [0.15, 0.2) is 12.3 Å². The highest BCUT2D eigenvalue weighted by Gasteiger charge is 2.23. The van der Waals surface area contributed by atoms with E-state index < -0.39 is 0 Å². The van der Waals surface area contributed by atoms with Crippen molar-refractivity contribution < 1.29 is 0 Å². The van der Waals surface area contributed by atoms with Crippen LogP contribution in [0, 0.1) is 6.92 Å². The largest absolute Gasteiger partial charge is 0.396 e. The van der Waals surface area contributed by atoms with Crippen molar-refractivity contribution >= 4 is 11.5 Å². The molecule has 0 saturated carbocycles. The van der Waals surface area contributed by atoms with Crippen LogP contribution in [-0.4, -0.2) is 17.6 Å². The van der Waals surface area contributed by atoms with Gasteiger partial charge in [-0.1, -0.05) is 6.92 Å². The minimum atomic E-state index is 0.0797. The van der Waals surface area contributed by atoms with E-state index in [4.69, 9.17) is 5.73 Å². The summed E-state index contributed by atoms with van der Waals surface area (Å²) in [6.07, 6.45) is 2.91. The molecule has 2 N–H and O–H groups in total. The van der Waals surface area contributed by atoms with Gasteiger partial charge in [-0.2, -0.15) is 0 Å². The Balaban J connectivity index is 3.06. The fourth-order valence-corrected chi connectivity index (χ4v) is 1.39. The lowest BCUT2D eigenvalue weighted by Crippen LogP contribution is -2.41. The normalized spacial score (nSPS) is 11.5. The molecule has 1 aromatic rings. The Morgan fingerprint density at radius 3 is 2.53 bits per heavy atom. The SMILES string of the molecule is CCC(C)(C)N(C)c1ncc(C)cc1N. The van der Waals surface area contributed by atoms with Crippen molar-refractivity contribution in [3.8, 4) is 0 Å². The summed E-state index contributed by atoms with van der Waals surface area (Å²) in [5.74, 6) is 0.868. The molecule has 0 aliphatic heterocycles. The van der Waals surface area contributed by atoms with Gasteiger partial charge in [-0.05, 0) is 38.8 Å². The highest BCUT2D eigenvalue weighted by molar-refractivity contribution is 5.63. The van der Waals surface area contributed by atoms with E-state index in [-0.39, 0.29) is 5.54 Å². The first-order valence-corrected chi connectivity index (χ1v) is 5.34. The Bertz CT molecular complexity index is 345. The molecule has 0 spiro atoms. The summed E-state index contributed by atoms with van der Waals surface area (Å²) in [7, 11) is 2.04. The highest BCUT2D eigenvalue weighted by Crippen LogP contribution is 2.27. The first kappa shape index (κ1) is 11.8. The Morgan fingerprint density at radius 2 is 2.07 bits per heavy atom. The molecule has 3 nitrogen and oxygen atoms in total. The number of anilines is 2. The molecule has 84 valence electrons. The molecule has 0 aliphatic rings. The minimum absolute atomic E-state index is 0.0797. The molecule has 0 amide bonds. The van der Waals surface area contributed by atoms with Crippen LogP contribution in [0.2, 0.25) is 0 Å². The van der Waals surface area contributed by atoms with E-state index in [2.05, 4.69) is 30.7 Å². The third-order valence-electron chi connectivity index (χ3n) is 3.12. The number of nitrogens with zero attached hydrogens (tertiary/aromatic N) is 2. The summed E-state index contributed by atoms with van der Waals surface area (Å²) in [5, 5.41) is 0. The molecule has 1 aromatic heterocycles. The summed E-state index contributed by atoms with van der Waals surface area (Å²) in [5.41, 5.74) is 7.89. The average Bonchev–Trinajstić information content (AvgIpc) is 2.17. The quantitative estimate of drug-likeness (QED) is 0.828. The smallest absolute Gasteiger partial charge is 0.151 e. The lowest BCUT2D eigenvalue weighted by molar-refractivity contribution is 0.468. The Hall–Kier alpha value is -1.25.